The van der Waals surface area contributed by atoms with E-state index >= 15 is 0 Å². The van der Waals surface area contributed by atoms with Crippen molar-refractivity contribution in [3.8, 4) is 11.8 Å². The van der Waals surface area contributed by atoms with Gasteiger partial charge in [0.1, 0.15) is 11.8 Å². The van der Waals surface area contributed by atoms with Crippen LogP contribution in [0, 0.1) is 17.2 Å². The van der Waals surface area contributed by atoms with Crippen molar-refractivity contribution in [3.05, 3.63) is 35.4 Å². The van der Waals surface area contributed by atoms with E-state index in [0.29, 0.717) is 5.92 Å². The molecule has 0 aliphatic carbocycles. The smallest absolute Gasteiger partial charge is 0.174 e. The van der Waals surface area contributed by atoms with Gasteiger partial charge in [-0.3, -0.25) is 0 Å². The molecule has 0 aromatic heterocycles. The number of nitrogens with one attached hydrogen (secondary N) is 1. The second kappa shape index (κ2) is 7.85. The van der Waals surface area contributed by atoms with Crippen molar-refractivity contribution in [2.75, 3.05) is 13.2 Å². The van der Waals surface area contributed by atoms with E-state index in [0.717, 1.165) is 17.9 Å². The van der Waals surface area contributed by atoms with Crippen molar-refractivity contribution in [1.82, 2.24) is 5.32 Å². The van der Waals surface area contributed by atoms with Crippen LogP contribution in [0.25, 0.3) is 6.08 Å². The monoisotopic (exact) mass is 286 g/mol. The maximum absolute atomic E-state index is 8.50. The third-order valence-corrected chi connectivity index (χ3v) is 3.10. The summed E-state index contributed by atoms with van der Waals surface area (Å²) in [7, 11) is 0. The number of hydrogen-bond acceptors (Lipinski definition) is 3. The SMILES string of the molecule is CC(C)C(=Cc1ccc(OCC#N)cc1)CNC(C)(C)C. The van der Waals surface area contributed by atoms with Crippen LogP contribution in [-0.2, 0) is 0 Å². The zero-order valence-corrected chi connectivity index (χ0v) is 13.7. The predicted octanol–water partition coefficient (Wildman–Crippen LogP) is 4.02. The fourth-order valence-electron chi connectivity index (χ4n) is 1.78. The third kappa shape index (κ3) is 6.97. The average molecular weight is 286 g/mol. The van der Waals surface area contributed by atoms with Crippen LogP contribution in [0.15, 0.2) is 29.8 Å². The Morgan fingerprint density at radius 3 is 2.38 bits per heavy atom. The van der Waals surface area contributed by atoms with Crippen LogP contribution in [0.5, 0.6) is 5.75 Å². The standard InChI is InChI=1S/C18H26N2O/c1-14(2)16(13-20-18(3,4)5)12-15-6-8-17(9-7-15)21-11-10-19/h6-9,12,14,20H,11,13H2,1-5H3. The minimum absolute atomic E-state index is 0.0853. The molecule has 1 N–H and O–H groups in total. The summed E-state index contributed by atoms with van der Waals surface area (Å²) in [6, 6.07) is 9.81. The number of hydrogen-bond donors (Lipinski definition) is 1. The Bertz CT molecular complexity index is 502. The van der Waals surface area contributed by atoms with Crippen molar-refractivity contribution in [2.45, 2.75) is 40.2 Å². The maximum Gasteiger partial charge on any atom is 0.174 e. The first-order valence-corrected chi connectivity index (χ1v) is 7.37. The van der Waals surface area contributed by atoms with Gasteiger partial charge in [-0.2, -0.15) is 5.26 Å². The van der Waals surface area contributed by atoms with Gasteiger partial charge < -0.3 is 10.1 Å². The molecule has 0 radical (unpaired) electrons. The van der Waals surface area contributed by atoms with Gasteiger partial charge in [-0.1, -0.05) is 37.6 Å². The second-order valence-corrected chi connectivity index (χ2v) is 6.49. The number of rotatable bonds is 6. The molecule has 0 unspecified atom stereocenters. The van der Waals surface area contributed by atoms with E-state index in [2.05, 4.69) is 46.0 Å². The van der Waals surface area contributed by atoms with Crippen molar-refractivity contribution in [3.63, 3.8) is 0 Å². The highest BCUT2D eigenvalue weighted by molar-refractivity contribution is 5.54. The van der Waals surface area contributed by atoms with Crippen LogP contribution in [0.2, 0.25) is 0 Å². The maximum atomic E-state index is 8.50. The second-order valence-electron chi connectivity index (χ2n) is 6.49. The van der Waals surface area contributed by atoms with Gasteiger partial charge in [-0.15, -0.1) is 0 Å². The molecule has 0 atom stereocenters. The van der Waals surface area contributed by atoms with Gasteiger partial charge in [0.2, 0.25) is 0 Å². The van der Waals surface area contributed by atoms with Crippen LogP contribution >= 0.6 is 0 Å². The van der Waals surface area contributed by atoms with Crippen LogP contribution < -0.4 is 10.1 Å². The largest absolute Gasteiger partial charge is 0.479 e. The van der Waals surface area contributed by atoms with Crippen LogP contribution in [0.4, 0.5) is 0 Å². The summed E-state index contributed by atoms with van der Waals surface area (Å²) in [5.41, 5.74) is 2.64. The van der Waals surface area contributed by atoms with Crippen molar-refractivity contribution in [2.24, 2.45) is 5.92 Å². The lowest BCUT2D eigenvalue weighted by Gasteiger charge is -2.23. The molecule has 0 spiro atoms. The molecule has 0 fully saturated rings. The molecule has 0 saturated carbocycles. The molecule has 0 amide bonds. The van der Waals surface area contributed by atoms with Gasteiger partial charge in [-0.25, -0.2) is 0 Å². The zero-order valence-electron chi connectivity index (χ0n) is 13.7. The van der Waals surface area contributed by atoms with E-state index < -0.39 is 0 Å². The molecule has 1 rings (SSSR count). The van der Waals surface area contributed by atoms with Gasteiger partial charge in [-0.05, 0) is 44.4 Å². The summed E-state index contributed by atoms with van der Waals surface area (Å²) >= 11 is 0. The summed E-state index contributed by atoms with van der Waals surface area (Å²) in [4.78, 5) is 0. The van der Waals surface area contributed by atoms with E-state index in [1.165, 1.54) is 5.57 Å². The van der Waals surface area contributed by atoms with Gasteiger partial charge in [0.15, 0.2) is 6.61 Å². The molecule has 0 heterocycles. The Kier molecular flexibility index (Phi) is 6.45. The van der Waals surface area contributed by atoms with Crippen molar-refractivity contribution in [1.29, 1.82) is 5.26 Å². The first-order valence-electron chi connectivity index (χ1n) is 7.37. The highest BCUT2D eigenvalue weighted by Gasteiger charge is 2.11. The van der Waals surface area contributed by atoms with Crippen LogP contribution in [0.3, 0.4) is 0 Å². The van der Waals surface area contributed by atoms with Crippen molar-refractivity contribution < 1.29 is 4.74 Å². The highest BCUT2D eigenvalue weighted by atomic mass is 16.5. The molecular weight excluding hydrogens is 260 g/mol. The quantitative estimate of drug-likeness (QED) is 0.859. The van der Waals surface area contributed by atoms with Gasteiger partial charge >= 0.3 is 0 Å². The fourth-order valence-corrected chi connectivity index (χ4v) is 1.78. The Labute approximate surface area is 128 Å². The highest BCUT2D eigenvalue weighted by Crippen LogP contribution is 2.18. The predicted molar refractivity (Wildman–Crippen MR) is 88.1 cm³/mol. The molecule has 1 aromatic rings. The van der Waals surface area contributed by atoms with Crippen LogP contribution in [-0.4, -0.2) is 18.7 Å². The van der Waals surface area contributed by atoms with Gasteiger partial charge in [0.25, 0.3) is 0 Å². The molecule has 0 saturated heterocycles. The Balaban J connectivity index is 2.78. The Morgan fingerprint density at radius 1 is 1.29 bits per heavy atom. The van der Waals surface area contributed by atoms with E-state index in [-0.39, 0.29) is 12.1 Å². The zero-order chi connectivity index (χ0) is 15.9. The normalized spacial score (nSPS) is 12.3. The van der Waals surface area contributed by atoms with E-state index in [1.807, 2.05) is 30.3 Å². The first kappa shape index (κ1) is 17.3. The molecule has 3 heteroatoms. The molecule has 0 aliphatic rings. The van der Waals surface area contributed by atoms with Gasteiger partial charge in [0.05, 0.1) is 0 Å². The summed E-state index contributed by atoms with van der Waals surface area (Å²) in [5.74, 6) is 1.22. The molecule has 0 aliphatic heterocycles. The van der Waals surface area contributed by atoms with Gasteiger partial charge in [0, 0.05) is 12.1 Å². The summed E-state index contributed by atoms with van der Waals surface area (Å²) in [5, 5.41) is 12.0. The average Bonchev–Trinajstić information content (AvgIpc) is 2.41. The summed E-state index contributed by atoms with van der Waals surface area (Å²) < 4.78 is 5.26. The molecular formula is C18H26N2O. The summed E-state index contributed by atoms with van der Waals surface area (Å²) in [6.07, 6.45) is 2.22. The van der Waals surface area contributed by atoms with E-state index in [4.69, 9.17) is 10.00 Å². The van der Waals surface area contributed by atoms with Crippen LogP contribution in [0.1, 0.15) is 40.2 Å². The molecule has 3 nitrogen and oxygen atoms in total. The topological polar surface area (TPSA) is 45.0 Å². The summed E-state index contributed by atoms with van der Waals surface area (Å²) in [6.45, 7) is 11.9. The number of benzene rings is 1. The molecule has 21 heavy (non-hydrogen) atoms. The number of nitriles is 1. The Hall–Kier alpha value is -1.79. The lowest BCUT2D eigenvalue weighted by molar-refractivity contribution is 0.368. The lowest BCUT2D eigenvalue weighted by atomic mass is 9.98. The Morgan fingerprint density at radius 2 is 1.90 bits per heavy atom. The lowest BCUT2D eigenvalue weighted by Crippen LogP contribution is -2.37. The number of nitrogens with zero attached hydrogens (tertiary/aromatic N) is 1. The van der Waals surface area contributed by atoms with E-state index in [9.17, 15) is 0 Å². The molecule has 114 valence electrons. The fraction of sp³-hybridized carbons (Fsp3) is 0.500. The van der Waals surface area contributed by atoms with E-state index in [1.54, 1.807) is 0 Å². The minimum Gasteiger partial charge on any atom is -0.479 e. The minimum atomic E-state index is 0.0853. The number of ether oxygens (including phenoxy) is 1. The first-order chi connectivity index (χ1) is 9.81. The molecule has 0 bridgehead atoms. The van der Waals surface area contributed by atoms with Crippen molar-refractivity contribution >= 4 is 6.08 Å². The third-order valence-electron chi connectivity index (χ3n) is 3.10. The molecule has 1 aromatic carbocycles.